The summed E-state index contributed by atoms with van der Waals surface area (Å²) in [6.07, 6.45) is 1.21. The fraction of sp³-hybridized carbons (Fsp3) is 0.312. The van der Waals surface area contributed by atoms with Gasteiger partial charge in [-0.05, 0) is 31.2 Å². The van der Waals surface area contributed by atoms with Gasteiger partial charge in [0.05, 0.1) is 6.61 Å². The van der Waals surface area contributed by atoms with Crippen LogP contribution in [0, 0.1) is 11.3 Å². The van der Waals surface area contributed by atoms with Crippen LogP contribution in [0.2, 0.25) is 0 Å². The summed E-state index contributed by atoms with van der Waals surface area (Å²) >= 11 is 0. The molecule has 0 aliphatic rings. The number of carbonyl (C=O) groups is 2. The predicted molar refractivity (Wildman–Crippen MR) is 86.4 cm³/mol. The Labute approximate surface area is 135 Å². The molecule has 0 aliphatic heterocycles. The van der Waals surface area contributed by atoms with Gasteiger partial charge < -0.3 is 20.7 Å². The Morgan fingerprint density at radius 2 is 2.04 bits per heavy atom. The molecule has 0 spiro atoms. The second-order valence-corrected chi connectivity index (χ2v) is 4.57. The van der Waals surface area contributed by atoms with E-state index >= 15 is 0 Å². The van der Waals surface area contributed by atoms with Crippen LogP contribution in [0.5, 0.6) is 5.75 Å². The number of hydrogen-bond acceptors (Lipinski definition) is 5. The first-order valence-electron chi connectivity index (χ1n) is 7.15. The topological polar surface area (TPSA) is 108 Å². The highest BCUT2D eigenvalue weighted by atomic mass is 16.5. The Bertz CT molecular complexity index is 617. The summed E-state index contributed by atoms with van der Waals surface area (Å²) in [4.78, 5) is 24.8. The number of nitrogens with two attached hydrogens (primary N) is 1. The molecule has 0 heterocycles. The zero-order valence-electron chi connectivity index (χ0n) is 13.2. The molecule has 122 valence electrons. The quantitative estimate of drug-likeness (QED) is 0.581. The summed E-state index contributed by atoms with van der Waals surface area (Å²) in [6, 6.07) is 8.55. The highest BCUT2D eigenvalue weighted by Crippen LogP contribution is 2.16. The van der Waals surface area contributed by atoms with E-state index in [2.05, 4.69) is 5.32 Å². The molecule has 1 aromatic rings. The second-order valence-electron chi connectivity index (χ2n) is 4.57. The number of rotatable bonds is 7. The molecule has 1 rings (SSSR count). The van der Waals surface area contributed by atoms with Crippen LogP contribution in [0.4, 0.5) is 5.69 Å². The minimum atomic E-state index is -0.597. The lowest BCUT2D eigenvalue weighted by atomic mass is 10.2. The summed E-state index contributed by atoms with van der Waals surface area (Å²) in [5, 5.41) is 11.7. The SMILES string of the molecule is CCOc1ccc(NC(=O)/C(C#N)=C\N(CCN)C(C)=O)cc1. The van der Waals surface area contributed by atoms with Crippen molar-refractivity contribution in [2.45, 2.75) is 13.8 Å². The number of carbonyl (C=O) groups excluding carboxylic acids is 2. The molecule has 1 aromatic carbocycles. The molecular weight excluding hydrogens is 296 g/mol. The van der Waals surface area contributed by atoms with E-state index in [4.69, 9.17) is 15.7 Å². The maximum atomic E-state index is 12.1. The highest BCUT2D eigenvalue weighted by Gasteiger charge is 2.13. The van der Waals surface area contributed by atoms with Gasteiger partial charge in [0.2, 0.25) is 5.91 Å². The summed E-state index contributed by atoms with van der Waals surface area (Å²) < 4.78 is 5.31. The van der Waals surface area contributed by atoms with Gasteiger partial charge in [0, 0.05) is 31.9 Å². The third kappa shape index (κ3) is 5.80. The summed E-state index contributed by atoms with van der Waals surface area (Å²) in [7, 11) is 0. The first kappa shape index (κ1) is 18.2. The van der Waals surface area contributed by atoms with Gasteiger partial charge in [0.15, 0.2) is 0 Å². The Hall–Kier alpha value is -2.85. The molecule has 7 heteroatoms. The largest absolute Gasteiger partial charge is 0.494 e. The molecule has 0 bridgehead atoms. The Balaban J connectivity index is 2.84. The van der Waals surface area contributed by atoms with E-state index in [1.165, 1.54) is 18.0 Å². The summed E-state index contributed by atoms with van der Waals surface area (Å²) in [5.41, 5.74) is 5.75. The lowest BCUT2D eigenvalue weighted by Gasteiger charge is -2.15. The lowest BCUT2D eigenvalue weighted by molar-refractivity contribution is -0.126. The Morgan fingerprint density at radius 1 is 1.39 bits per heavy atom. The normalized spacial score (nSPS) is 10.6. The first-order chi connectivity index (χ1) is 11.0. The van der Waals surface area contributed by atoms with Gasteiger partial charge in [-0.3, -0.25) is 9.59 Å². The smallest absolute Gasteiger partial charge is 0.267 e. The number of amides is 2. The van der Waals surface area contributed by atoms with Crippen molar-refractivity contribution in [3.05, 3.63) is 36.0 Å². The van der Waals surface area contributed by atoms with Crippen molar-refractivity contribution in [3.8, 4) is 11.8 Å². The molecule has 0 fully saturated rings. The van der Waals surface area contributed by atoms with Crippen LogP contribution in [0.15, 0.2) is 36.0 Å². The lowest BCUT2D eigenvalue weighted by Crippen LogP contribution is -2.30. The van der Waals surface area contributed by atoms with Gasteiger partial charge in [-0.1, -0.05) is 0 Å². The van der Waals surface area contributed by atoms with Crippen LogP contribution in [0.1, 0.15) is 13.8 Å². The monoisotopic (exact) mass is 316 g/mol. The maximum absolute atomic E-state index is 12.1. The molecule has 7 nitrogen and oxygen atoms in total. The fourth-order valence-electron chi connectivity index (χ4n) is 1.75. The molecule has 0 aliphatic carbocycles. The molecule has 0 radical (unpaired) electrons. The van der Waals surface area contributed by atoms with Crippen LogP contribution < -0.4 is 15.8 Å². The molecule has 0 saturated heterocycles. The number of ether oxygens (including phenoxy) is 1. The van der Waals surface area contributed by atoms with E-state index < -0.39 is 5.91 Å². The van der Waals surface area contributed by atoms with E-state index in [-0.39, 0.29) is 24.6 Å². The molecule has 0 saturated carbocycles. The van der Waals surface area contributed by atoms with E-state index in [0.29, 0.717) is 18.0 Å². The zero-order chi connectivity index (χ0) is 17.2. The van der Waals surface area contributed by atoms with Crippen molar-refractivity contribution >= 4 is 17.5 Å². The van der Waals surface area contributed by atoms with Gasteiger partial charge in [-0.15, -0.1) is 0 Å². The number of anilines is 1. The number of nitrogens with zero attached hydrogens (tertiary/aromatic N) is 2. The minimum absolute atomic E-state index is 0.178. The van der Waals surface area contributed by atoms with Crippen LogP contribution in [0.25, 0.3) is 0 Å². The maximum Gasteiger partial charge on any atom is 0.267 e. The standard InChI is InChI=1S/C16H20N4O3/c1-3-23-15-6-4-14(5-7-15)19-16(22)13(10-18)11-20(9-8-17)12(2)21/h4-7,11H,3,8-9,17H2,1-2H3,(H,19,22)/b13-11-. The second kappa shape index (κ2) is 9.23. The Morgan fingerprint density at radius 3 is 2.52 bits per heavy atom. The van der Waals surface area contributed by atoms with Gasteiger partial charge in [-0.25, -0.2) is 0 Å². The van der Waals surface area contributed by atoms with Crippen LogP contribution in [-0.2, 0) is 9.59 Å². The van der Waals surface area contributed by atoms with Crippen molar-refractivity contribution in [2.24, 2.45) is 5.73 Å². The zero-order valence-corrected chi connectivity index (χ0v) is 13.2. The Kier molecular flexibility index (Phi) is 7.30. The van der Waals surface area contributed by atoms with E-state index in [0.717, 1.165) is 0 Å². The summed E-state index contributed by atoms with van der Waals surface area (Å²) in [6.45, 7) is 4.23. The van der Waals surface area contributed by atoms with Crippen LogP contribution in [-0.4, -0.2) is 36.4 Å². The van der Waals surface area contributed by atoms with Crippen molar-refractivity contribution in [1.29, 1.82) is 5.26 Å². The minimum Gasteiger partial charge on any atom is -0.494 e. The number of hydrogen-bond donors (Lipinski definition) is 2. The van der Waals surface area contributed by atoms with Crippen molar-refractivity contribution < 1.29 is 14.3 Å². The van der Waals surface area contributed by atoms with Gasteiger partial charge in [0.25, 0.3) is 5.91 Å². The highest BCUT2D eigenvalue weighted by molar-refractivity contribution is 6.06. The van der Waals surface area contributed by atoms with Crippen molar-refractivity contribution in [2.75, 3.05) is 25.0 Å². The van der Waals surface area contributed by atoms with Crippen LogP contribution >= 0.6 is 0 Å². The van der Waals surface area contributed by atoms with Crippen molar-refractivity contribution in [3.63, 3.8) is 0 Å². The average Bonchev–Trinajstić information content (AvgIpc) is 2.53. The first-order valence-corrected chi connectivity index (χ1v) is 7.15. The number of benzene rings is 1. The van der Waals surface area contributed by atoms with Crippen LogP contribution in [0.3, 0.4) is 0 Å². The van der Waals surface area contributed by atoms with Gasteiger partial charge >= 0.3 is 0 Å². The van der Waals surface area contributed by atoms with Gasteiger partial charge in [0.1, 0.15) is 17.4 Å². The fourth-order valence-corrected chi connectivity index (χ4v) is 1.75. The molecule has 0 aromatic heterocycles. The van der Waals surface area contributed by atoms with E-state index in [1.54, 1.807) is 30.3 Å². The molecule has 3 N–H and O–H groups in total. The van der Waals surface area contributed by atoms with E-state index in [9.17, 15) is 9.59 Å². The summed E-state index contributed by atoms with van der Waals surface area (Å²) in [5.74, 6) is -0.204. The van der Waals surface area contributed by atoms with Gasteiger partial charge in [-0.2, -0.15) is 5.26 Å². The van der Waals surface area contributed by atoms with E-state index in [1.807, 2.05) is 6.92 Å². The molecule has 2 amide bonds. The number of nitriles is 1. The third-order valence-corrected chi connectivity index (χ3v) is 2.85. The molecule has 0 unspecified atom stereocenters. The molecular formula is C16H20N4O3. The average molecular weight is 316 g/mol. The molecule has 23 heavy (non-hydrogen) atoms. The predicted octanol–water partition coefficient (Wildman–Crippen LogP) is 1.24. The number of nitrogens with one attached hydrogen (secondary N) is 1. The third-order valence-electron chi connectivity index (χ3n) is 2.85. The van der Waals surface area contributed by atoms with Crippen molar-refractivity contribution in [1.82, 2.24) is 4.90 Å². The molecule has 0 atom stereocenters.